The van der Waals surface area contributed by atoms with Crippen LogP contribution < -0.4 is 4.90 Å². The molecule has 2 fully saturated rings. The molecule has 162 valence electrons. The molecule has 0 radical (unpaired) electrons. The molecule has 0 aromatic heterocycles. The molecule has 0 spiro atoms. The molecule has 0 aliphatic heterocycles. The molecule has 0 atom stereocenters. The van der Waals surface area contributed by atoms with Crippen molar-refractivity contribution in [2.45, 2.75) is 76.0 Å². The van der Waals surface area contributed by atoms with Gasteiger partial charge in [0.05, 0.1) is 16.8 Å². The van der Waals surface area contributed by atoms with E-state index in [1.165, 1.54) is 81.4 Å². The standard InChI is InChI=1S/C27H32N2O2/c1-29(26-13-12-21(27(30)31)14-24(26)18-28)25-16-22(19-8-4-2-5-9-19)15-23(17-25)20-10-6-3-7-11-20/h12-17,19-20H,2-11H2,1H3,(H,30,31). The number of carbonyl (C=O) groups is 1. The molecule has 0 amide bonds. The van der Waals surface area contributed by atoms with Crippen LogP contribution in [0, 0.1) is 11.3 Å². The van der Waals surface area contributed by atoms with Gasteiger partial charge in [-0.25, -0.2) is 4.79 Å². The van der Waals surface area contributed by atoms with Gasteiger partial charge in [0, 0.05) is 12.7 Å². The fourth-order valence-corrected chi connectivity index (χ4v) is 5.39. The minimum absolute atomic E-state index is 0.146. The lowest BCUT2D eigenvalue weighted by molar-refractivity contribution is 0.0697. The van der Waals surface area contributed by atoms with Crippen molar-refractivity contribution in [3.63, 3.8) is 0 Å². The predicted octanol–water partition coefficient (Wildman–Crippen LogP) is 7.12. The number of nitrogens with zero attached hydrogens (tertiary/aromatic N) is 2. The summed E-state index contributed by atoms with van der Waals surface area (Å²) in [7, 11) is 1.99. The van der Waals surface area contributed by atoms with Crippen LogP contribution in [-0.2, 0) is 0 Å². The van der Waals surface area contributed by atoms with Gasteiger partial charge in [-0.15, -0.1) is 0 Å². The number of rotatable bonds is 5. The smallest absolute Gasteiger partial charge is 0.335 e. The van der Waals surface area contributed by atoms with Crippen molar-refractivity contribution in [1.82, 2.24) is 0 Å². The number of anilines is 2. The lowest BCUT2D eigenvalue weighted by Gasteiger charge is -2.29. The fourth-order valence-electron chi connectivity index (χ4n) is 5.39. The van der Waals surface area contributed by atoms with E-state index in [9.17, 15) is 15.2 Å². The fraction of sp³-hybridized carbons (Fsp3) is 0.481. The molecule has 2 aromatic rings. The molecule has 2 saturated carbocycles. The second-order valence-electron chi connectivity index (χ2n) is 9.24. The van der Waals surface area contributed by atoms with Crippen LogP contribution >= 0.6 is 0 Å². The maximum atomic E-state index is 11.3. The Morgan fingerprint density at radius 1 is 0.903 bits per heavy atom. The van der Waals surface area contributed by atoms with Gasteiger partial charge in [-0.2, -0.15) is 5.26 Å². The number of carboxylic acids is 1. The number of carboxylic acid groups (broad SMARTS) is 1. The summed E-state index contributed by atoms with van der Waals surface area (Å²) in [5, 5.41) is 19.0. The SMILES string of the molecule is CN(c1cc(C2CCCCC2)cc(C2CCCCC2)c1)c1ccc(C(=O)O)cc1C#N. The van der Waals surface area contributed by atoms with E-state index in [0.29, 0.717) is 17.4 Å². The van der Waals surface area contributed by atoms with Gasteiger partial charge in [-0.1, -0.05) is 44.6 Å². The molecule has 1 N–H and O–H groups in total. The van der Waals surface area contributed by atoms with Crippen LogP contribution in [0.3, 0.4) is 0 Å². The van der Waals surface area contributed by atoms with Crippen LogP contribution in [-0.4, -0.2) is 18.1 Å². The van der Waals surface area contributed by atoms with Gasteiger partial charge in [0.1, 0.15) is 6.07 Å². The highest BCUT2D eigenvalue weighted by Gasteiger charge is 2.22. The third-order valence-electron chi connectivity index (χ3n) is 7.23. The topological polar surface area (TPSA) is 64.3 Å². The van der Waals surface area contributed by atoms with Gasteiger partial charge >= 0.3 is 5.97 Å². The summed E-state index contributed by atoms with van der Waals surface area (Å²) >= 11 is 0. The van der Waals surface area contributed by atoms with Crippen LogP contribution in [0.1, 0.15) is 103 Å². The second kappa shape index (κ2) is 9.56. The third-order valence-corrected chi connectivity index (χ3v) is 7.23. The first-order valence-corrected chi connectivity index (χ1v) is 11.7. The Labute approximate surface area is 185 Å². The highest BCUT2D eigenvalue weighted by molar-refractivity contribution is 5.89. The summed E-state index contributed by atoms with van der Waals surface area (Å²) in [5.74, 6) is 0.230. The van der Waals surface area contributed by atoms with E-state index in [-0.39, 0.29) is 5.56 Å². The minimum atomic E-state index is -1.01. The van der Waals surface area contributed by atoms with Gasteiger partial charge in [-0.05, 0) is 79.0 Å². The number of hydrogen-bond acceptors (Lipinski definition) is 3. The highest BCUT2D eigenvalue weighted by Crippen LogP contribution is 2.40. The zero-order valence-electron chi connectivity index (χ0n) is 18.4. The Balaban J connectivity index is 1.74. The van der Waals surface area contributed by atoms with Gasteiger partial charge < -0.3 is 10.0 Å². The molecule has 2 aliphatic rings. The number of aromatic carboxylic acids is 1. The summed E-state index contributed by atoms with van der Waals surface area (Å²) < 4.78 is 0. The lowest BCUT2D eigenvalue weighted by atomic mass is 9.79. The Morgan fingerprint density at radius 2 is 1.45 bits per heavy atom. The molecule has 4 heteroatoms. The van der Waals surface area contributed by atoms with Crippen molar-refractivity contribution < 1.29 is 9.90 Å². The van der Waals surface area contributed by atoms with Crippen molar-refractivity contribution in [2.24, 2.45) is 0 Å². The first kappa shape index (κ1) is 21.4. The molecule has 0 heterocycles. The number of nitriles is 1. The maximum absolute atomic E-state index is 11.3. The summed E-state index contributed by atoms with van der Waals surface area (Å²) in [6, 6.07) is 14.1. The highest BCUT2D eigenvalue weighted by atomic mass is 16.4. The largest absolute Gasteiger partial charge is 0.478 e. The van der Waals surface area contributed by atoms with E-state index in [1.54, 1.807) is 12.1 Å². The average molecular weight is 417 g/mol. The zero-order valence-corrected chi connectivity index (χ0v) is 18.4. The summed E-state index contributed by atoms with van der Waals surface area (Å²) in [4.78, 5) is 13.4. The molecule has 0 saturated heterocycles. The molecule has 0 bridgehead atoms. The average Bonchev–Trinajstić information content (AvgIpc) is 2.84. The van der Waals surface area contributed by atoms with Gasteiger partial charge in [0.15, 0.2) is 0 Å². The Morgan fingerprint density at radius 3 is 1.94 bits per heavy atom. The molecule has 31 heavy (non-hydrogen) atoms. The molecular weight excluding hydrogens is 384 g/mol. The summed E-state index contributed by atoms with van der Waals surface area (Å²) in [6.45, 7) is 0. The maximum Gasteiger partial charge on any atom is 0.335 e. The molecule has 4 nitrogen and oxygen atoms in total. The quantitative estimate of drug-likeness (QED) is 0.563. The van der Waals surface area contributed by atoms with Crippen LogP contribution in [0.25, 0.3) is 0 Å². The van der Waals surface area contributed by atoms with Crippen molar-refractivity contribution in [1.29, 1.82) is 5.26 Å². The van der Waals surface area contributed by atoms with Crippen molar-refractivity contribution in [2.75, 3.05) is 11.9 Å². The van der Waals surface area contributed by atoms with E-state index in [4.69, 9.17) is 0 Å². The normalized spacial score (nSPS) is 17.8. The van der Waals surface area contributed by atoms with E-state index < -0.39 is 5.97 Å². The van der Waals surface area contributed by atoms with Crippen LogP contribution in [0.2, 0.25) is 0 Å². The number of hydrogen-bond donors (Lipinski definition) is 1. The van der Waals surface area contributed by atoms with E-state index >= 15 is 0 Å². The first-order valence-electron chi connectivity index (χ1n) is 11.7. The summed E-state index contributed by atoms with van der Waals surface area (Å²) in [6.07, 6.45) is 12.9. The van der Waals surface area contributed by atoms with E-state index in [0.717, 1.165) is 11.4 Å². The molecule has 2 aromatic carbocycles. The van der Waals surface area contributed by atoms with Crippen LogP contribution in [0.4, 0.5) is 11.4 Å². The van der Waals surface area contributed by atoms with E-state index in [2.05, 4.69) is 29.2 Å². The minimum Gasteiger partial charge on any atom is -0.478 e. The Kier molecular flexibility index (Phi) is 6.61. The van der Waals surface area contributed by atoms with Crippen LogP contribution in [0.5, 0.6) is 0 Å². The lowest BCUT2D eigenvalue weighted by Crippen LogP contribution is -2.15. The summed E-state index contributed by atoms with van der Waals surface area (Å²) in [5.41, 5.74) is 5.26. The predicted molar refractivity (Wildman–Crippen MR) is 124 cm³/mol. The third kappa shape index (κ3) is 4.77. The van der Waals surface area contributed by atoms with Crippen LogP contribution in [0.15, 0.2) is 36.4 Å². The van der Waals surface area contributed by atoms with Crippen molar-refractivity contribution >= 4 is 17.3 Å². The van der Waals surface area contributed by atoms with Crippen molar-refractivity contribution in [3.8, 4) is 6.07 Å². The Bertz CT molecular complexity index is 943. The molecule has 0 unspecified atom stereocenters. The molecule has 2 aliphatic carbocycles. The monoisotopic (exact) mass is 416 g/mol. The van der Waals surface area contributed by atoms with Gasteiger partial charge in [0.2, 0.25) is 0 Å². The Hall–Kier alpha value is -2.80. The zero-order chi connectivity index (χ0) is 21.8. The molecular formula is C27H32N2O2. The molecule has 4 rings (SSSR count). The number of benzene rings is 2. The van der Waals surface area contributed by atoms with Crippen molar-refractivity contribution in [3.05, 3.63) is 58.7 Å². The first-order chi connectivity index (χ1) is 15.1. The van der Waals surface area contributed by atoms with Gasteiger partial charge in [-0.3, -0.25) is 0 Å². The second-order valence-corrected chi connectivity index (χ2v) is 9.24. The van der Waals surface area contributed by atoms with Gasteiger partial charge in [0.25, 0.3) is 0 Å². The van der Waals surface area contributed by atoms with E-state index in [1.807, 2.05) is 7.05 Å².